The van der Waals surface area contributed by atoms with Crippen LogP contribution in [0.2, 0.25) is 0 Å². The number of amides is 3. The highest BCUT2D eigenvalue weighted by atomic mass is 79.9. The molecule has 2 aliphatic rings. The predicted octanol–water partition coefficient (Wildman–Crippen LogP) is 5.13. The molecule has 1 aromatic heterocycles. The Labute approximate surface area is 257 Å². The second-order valence-corrected chi connectivity index (χ2v) is 13.0. The first-order valence-electron chi connectivity index (χ1n) is 12.9. The minimum absolute atomic E-state index is 0.0768. The van der Waals surface area contributed by atoms with Gasteiger partial charge in [-0.2, -0.15) is 0 Å². The molecule has 4 aromatic rings. The summed E-state index contributed by atoms with van der Waals surface area (Å²) in [5.41, 5.74) is 2.71. The number of phenolic OH excluding ortho intramolecular Hbond substituents is 1. The number of methoxy groups -OCH3 is 1. The maximum atomic E-state index is 14.0. The number of rotatable bonds is 6. The summed E-state index contributed by atoms with van der Waals surface area (Å²) in [7, 11) is 1.42. The van der Waals surface area contributed by atoms with E-state index in [1.54, 1.807) is 48.5 Å². The molecule has 0 spiro atoms. The van der Waals surface area contributed by atoms with E-state index in [0.29, 0.717) is 26.8 Å². The minimum Gasteiger partial charge on any atom is -0.504 e. The lowest BCUT2D eigenvalue weighted by molar-refractivity contribution is -0.122. The fraction of sp³-hybridized carbons (Fsp3) is 0.200. The lowest BCUT2D eigenvalue weighted by Gasteiger charge is -2.31. The Morgan fingerprint density at radius 2 is 1.74 bits per heavy atom. The summed E-state index contributed by atoms with van der Waals surface area (Å²) in [6.45, 7) is 1.69. The van der Waals surface area contributed by atoms with Gasteiger partial charge in [0.1, 0.15) is 11.8 Å². The van der Waals surface area contributed by atoms with E-state index in [0.717, 1.165) is 33.1 Å². The maximum absolute atomic E-state index is 14.0. The van der Waals surface area contributed by atoms with Gasteiger partial charge in [-0.05, 0) is 61.0 Å². The summed E-state index contributed by atoms with van der Waals surface area (Å²) < 4.78 is 7.51. The molecular weight excluding hydrogens is 642 g/mol. The van der Waals surface area contributed by atoms with Crippen molar-refractivity contribution in [3.63, 3.8) is 0 Å². The molecule has 0 bridgehead atoms. The number of imide groups is 1. The van der Waals surface area contributed by atoms with Crippen LogP contribution in [0.15, 0.2) is 81.0 Å². The topological polar surface area (TPSA) is 118 Å². The van der Waals surface area contributed by atoms with E-state index in [-0.39, 0.29) is 28.8 Å². The molecule has 2 N–H and O–H groups in total. The number of carbonyl (C=O) groups is 3. The highest BCUT2D eigenvalue weighted by Gasteiger charge is 2.57. The van der Waals surface area contributed by atoms with Crippen LogP contribution in [0.3, 0.4) is 0 Å². The van der Waals surface area contributed by atoms with Gasteiger partial charge in [-0.15, -0.1) is 0 Å². The third-order valence-corrected chi connectivity index (χ3v) is 10.5. The van der Waals surface area contributed by atoms with Crippen molar-refractivity contribution in [2.75, 3.05) is 17.3 Å². The van der Waals surface area contributed by atoms with E-state index in [1.807, 2.05) is 19.1 Å². The molecule has 1 fully saturated rings. The van der Waals surface area contributed by atoms with E-state index >= 15 is 0 Å². The SMILES string of the molecule is COc1cc([C@@H]2c3sc(=O)n(CC(=O)Nc4ccc(C)cc4)c3SC3C(=O)N(c4ccc(Br)cc4)C(=O)C32)ccc1O. The van der Waals surface area contributed by atoms with Crippen LogP contribution in [-0.2, 0) is 20.9 Å². The third-order valence-electron chi connectivity index (χ3n) is 7.33. The summed E-state index contributed by atoms with van der Waals surface area (Å²) in [4.78, 5) is 55.6. The van der Waals surface area contributed by atoms with Crippen LogP contribution in [0.5, 0.6) is 11.5 Å². The maximum Gasteiger partial charge on any atom is 0.308 e. The summed E-state index contributed by atoms with van der Waals surface area (Å²) in [5, 5.41) is 12.7. The van der Waals surface area contributed by atoms with Crippen molar-refractivity contribution >= 4 is 68.1 Å². The largest absolute Gasteiger partial charge is 0.504 e. The normalized spacial score (nSPS) is 19.4. The average molecular weight is 667 g/mol. The van der Waals surface area contributed by atoms with Crippen molar-refractivity contribution in [3.8, 4) is 11.5 Å². The number of thioether (sulfide) groups is 1. The number of benzene rings is 3. The Hall–Kier alpha value is -3.87. The van der Waals surface area contributed by atoms with E-state index in [1.165, 1.54) is 22.6 Å². The molecule has 3 heterocycles. The number of halogens is 1. The molecule has 214 valence electrons. The number of aromatic nitrogens is 1. The Bertz CT molecular complexity index is 1780. The Kier molecular flexibility index (Phi) is 7.46. The van der Waals surface area contributed by atoms with Crippen molar-refractivity contribution in [1.82, 2.24) is 4.57 Å². The number of phenols is 1. The van der Waals surface area contributed by atoms with Crippen LogP contribution in [0, 0.1) is 12.8 Å². The Morgan fingerprint density at radius 3 is 2.43 bits per heavy atom. The van der Waals surface area contributed by atoms with Gasteiger partial charge in [0.25, 0.3) is 0 Å². The molecule has 42 heavy (non-hydrogen) atoms. The molecule has 0 aliphatic carbocycles. The number of aryl methyl sites for hydroxylation is 1. The summed E-state index contributed by atoms with van der Waals surface area (Å²) in [6.07, 6.45) is 0. The highest BCUT2D eigenvalue weighted by molar-refractivity contribution is 9.10. The minimum atomic E-state index is -0.834. The zero-order valence-electron chi connectivity index (χ0n) is 22.4. The smallest absolute Gasteiger partial charge is 0.308 e. The lowest BCUT2D eigenvalue weighted by Crippen LogP contribution is -2.33. The number of nitrogens with zero attached hydrogens (tertiary/aromatic N) is 2. The third kappa shape index (κ3) is 4.93. The molecule has 9 nitrogen and oxygen atoms in total. The van der Waals surface area contributed by atoms with Gasteiger partial charge in [-0.1, -0.05) is 62.8 Å². The van der Waals surface area contributed by atoms with Gasteiger partial charge < -0.3 is 15.2 Å². The van der Waals surface area contributed by atoms with Crippen LogP contribution in [0.25, 0.3) is 0 Å². The van der Waals surface area contributed by atoms with Crippen LogP contribution >= 0.6 is 39.0 Å². The molecule has 1 saturated heterocycles. The molecule has 2 unspecified atom stereocenters. The molecule has 12 heteroatoms. The Morgan fingerprint density at radius 1 is 1.02 bits per heavy atom. The summed E-state index contributed by atoms with van der Waals surface area (Å²) in [6, 6.07) is 19.0. The molecule has 3 amide bonds. The van der Waals surface area contributed by atoms with E-state index < -0.39 is 28.9 Å². The number of thiazole rings is 1. The van der Waals surface area contributed by atoms with Gasteiger partial charge in [-0.3, -0.25) is 23.7 Å². The van der Waals surface area contributed by atoms with Crippen molar-refractivity contribution in [2.45, 2.75) is 29.7 Å². The van der Waals surface area contributed by atoms with E-state index in [2.05, 4.69) is 21.2 Å². The fourth-order valence-electron chi connectivity index (χ4n) is 5.33. The van der Waals surface area contributed by atoms with Crippen molar-refractivity contribution < 1.29 is 24.2 Å². The van der Waals surface area contributed by atoms with Crippen LogP contribution < -0.4 is 19.8 Å². The number of hydrogen-bond acceptors (Lipinski definition) is 8. The van der Waals surface area contributed by atoms with Gasteiger partial charge in [0.2, 0.25) is 17.7 Å². The second kappa shape index (κ2) is 11.1. The van der Waals surface area contributed by atoms with Crippen molar-refractivity contribution in [2.24, 2.45) is 5.92 Å². The first-order valence-corrected chi connectivity index (χ1v) is 15.4. The van der Waals surface area contributed by atoms with Gasteiger partial charge in [0.15, 0.2) is 11.5 Å². The lowest BCUT2D eigenvalue weighted by atomic mass is 9.83. The zero-order chi connectivity index (χ0) is 29.7. The van der Waals surface area contributed by atoms with Gasteiger partial charge in [-0.25, -0.2) is 4.90 Å². The molecule has 2 aliphatic heterocycles. The van der Waals surface area contributed by atoms with Gasteiger partial charge in [0.05, 0.1) is 23.7 Å². The summed E-state index contributed by atoms with van der Waals surface area (Å²) >= 11 is 5.48. The monoisotopic (exact) mass is 665 g/mol. The number of anilines is 2. The standard InChI is InChI=1S/C30H24BrN3O6S2/c1-15-3-8-18(9-4-15)32-22(36)14-33-29-26(42-30(33)39)23(16-5-12-20(35)21(13-16)40-2)24-25(41-29)28(38)34(27(24)37)19-10-6-17(31)7-11-19/h3-13,23-25,35H,14H2,1-2H3,(H,32,36)/t23-,24?,25?/m0/s1. The number of ether oxygens (including phenoxy) is 1. The Balaban J connectivity index is 1.43. The first-order chi connectivity index (χ1) is 20.2. The molecule has 3 aromatic carbocycles. The quantitative estimate of drug-likeness (QED) is 0.274. The van der Waals surface area contributed by atoms with E-state index in [9.17, 15) is 24.3 Å². The molecule has 0 radical (unpaired) electrons. The molecular formula is C30H24BrN3O6S2. The first kappa shape index (κ1) is 28.3. The van der Waals surface area contributed by atoms with Crippen molar-refractivity contribution in [1.29, 1.82) is 0 Å². The molecule has 0 saturated carbocycles. The number of hydrogen-bond donors (Lipinski definition) is 2. The van der Waals surface area contributed by atoms with Crippen LogP contribution in [0.4, 0.5) is 11.4 Å². The molecule has 3 atom stereocenters. The number of carbonyl (C=O) groups excluding carboxylic acids is 3. The van der Waals surface area contributed by atoms with Gasteiger partial charge >= 0.3 is 4.87 Å². The van der Waals surface area contributed by atoms with Crippen LogP contribution in [-0.4, -0.2) is 39.8 Å². The predicted molar refractivity (Wildman–Crippen MR) is 165 cm³/mol. The highest BCUT2D eigenvalue weighted by Crippen LogP contribution is 2.54. The van der Waals surface area contributed by atoms with Crippen LogP contribution in [0.1, 0.15) is 21.9 Å². The zero-order valence-corrected chi connectivity index (χ0v) is 25.6. The van der Waals surface area contributed by atoms with E-state index in [4.69, 9.17) is 4.74 Å². The molecule has 6 rings (SSSR count). The average Bonchev–Trinajstić information content (AvgIpc) is 3.41. The number of nitrogens with one attached hydrogen (secondary N) is 1. The number of aromatic hydroxyl groups is 1. The summed E-state index contributed by atoms with van der Waals surface area (Å²) in [5.74, 6) is -2.54. The fourth-order valence-corrected chi connectivity index (χ4v) is 8.37. The second-order valence-electron chi connectivity index (χ2n) is 10.00. The van der Waals surface area contributed by atoms with Gasteiger partial charge in [0, 0.05) is 21.0 Å². The van der Waals surface area contributed by atoms with Crippen molar-refractivity contribution in [3.05, 3.63) is 96.9 Å². The number of fused-ring (bicyclic) bond motifs is 2.